The number of esters is 1. The van der Waals surface area contributed by atoms with Crippen LogP contribution in [0.15, 0.2) is 48.5 Å². The lowest BCUT2D eigenvalue weighted by Gasteiger charge is -2.14. The molecule has 2 aromatic rings. The topological polar surface area (TPSA) is 185 Å². The fourth-order valence-corrected chi connectivity index (χ4v) is 6.01. The molecule has 64 heavy (non-hydrogen) atoms. The Bertz CT molecular complexity index is 1380. The van der Waals surface area contributed by atoms with E-state index < -0.39 is 6.09 Å². The van der Waals surface area contributed by atoms with Crippen LogP contribution in [0.2, 0.25) is 0 Å². The van der Waals surface area contributed by atoms with Gasteiger partial charge in [-0.2, -0.15) is 0 Å². The third-order valence-corrected chi connectivity index (χ3v) is 9.22. The molecule has 0 saturated carbocycles. The number of hydrogen-bond donors (Lipinski definition) is 1. The van der Waals surface area contributed by atoms with Crippen LogP contribution in [-0.2, 0) is 75.8 Å². The van der Waals surface area contributed by atoms with Crippen LogP contribution >= 0.6 is 0 Å². The zero-order valence-electron chi connectivity index (χ0n) is 37.8. The SMILES string of the molecule is COC(=O)CCOCCOCCOCCOCCOCCOCCOCCOCCOCCOCCOCCOCCOCCCNC(=O)OCC1c2ccccc2-c2ccccc21. The summed E-state index contributed by atoms with van der Waals surface area (Å²) in [5, 5.41) is 2.81. The monoisotopic (exact) mass is 911 g/mol. The molecule has 1 amide bonds. The van der Waals surface area contributed by atoms with E-state index >= 15 is 0 Å². The maximum atomic E-state index is 12.3. The Balaban J connectivity index is 0.907. The molecule has 0 spiro atoms. The van der Waals surface area contributed by atoms with E-state index in [4.69, 9.17) is 66.3 Å². The van der Waals surface area contributed by atoms with Gasteiger partial charge in [-0.1, -0.05) is 48.5 Å². The second kappa shape index (κ2) is 40.0. The fourth-order valence-electron chi connectivity index (χ4n) is 6.01. The maximum Gasteiger partial charge on any atom is 0.407 e. The Kier molecular flexibility index (Phi) is 34.3. The van der Waals surface area contributed by atoms with E-state index in [2.05, 4.69) is 34.3 Å². The van der Waals surface area contributed by atoms with Crippen molar-refractivity contribution in [2.45, 2.75) is 18.8 Å². The first-order chi connectivity index (χ1) is 31.7. The molecule has 18 heteroatoms. The standard InChI is InChI=1S/C46H73NO17/c1-50-45(48)11-14-52-16-18-54-20-22-56-24-26-58-28-30-60-32-34-62-36-38-63-37-35-61-33-31-59-29-27-57-25-23-55-21-19-53-17-15-51-13-6-12-47-46(49)64-39-44-42-9-4-2-7-40(42)41-8-3-5-10-43(41)44/h2-5,7-10,44H,6,11-39H2,1H3,(H,47,49). The summed E-state index contributed by atoms with van der Waals surface area (Å²) in [5.74, 6) is -0.246. The van der Waals surface area contributed by atoms with Gasteiger partial charge in [-0.15, -0.1) is 0 Å². The van der Waals surface area contributed by atoms with Gasteiger partial charge in [0, 0.05) is 19.1 Å². The minimum absolute atomic E-state index is 0.0441. The first kappa shape index (κ1) is 55.0. The van der Waals surface area contributed by atoms with E-state index in [0.717, 1.165) is 0 Å². The van der Waals surface area contributed by atoms with Crippen LogP contribution in [0, 0.1) is 0 Å². The average molecular weight is 912 g/mol. The summed E-state index contributed by atoms with van der Waals surface area (Å²) in [6.45, 7) is 13.0. The lowest BCUT2D eigenvalue weighted by Crippen LogP contribution is -2.27. The fraction of sp³-hybridized carbons (Fsp3) is 0.696. The molecule has 0 radical (unpaired) electrons. The third-order valence-electron chi connectivity index (χ3n) is 9.22. The van der Waals surface area contributed by atoms with Gasteiger partial charge in [0.1, 0.15) is 6.61 Å². The number of alkyl carbamates (subject to hydrolysis) is 1. The van der Waals surface area contributed by atoms with Gasteiger partial charge in [-0.25, -0.2) is 4.79 Å². The number of ether oxygens (including phenoxy) is 15. The highest BCUT2D eigenvalue weighted by Crippen LogP contribution is 2.44. The summed E-state index contributed by atoms with van der Waals surface area (Å²) in [7, 11) is 1.35. The number of benzene rings is 2. The number of methoxy groups -OCH3 is 1. The van der Waals surface area contributed by atoms with Crippen molar-refractivity contribution < 1.29 is 80.6 Å². The molecule has 0 unspecified atom stereocenters. The molecule has 18 nitrogen and oxygen atoms in total. The summed E-state index contributed by atoms with van der Waals surface area (Å²) < 4.78 is 81.3. The van der Waals surface area contributed by atoms with Crippen LogP contribution in [0.25, 0.3) is 11.1 Å². The Hall–Kier alpha value is -3.34. The smallest absolute Gasteiger partial charge is 0.407 e. The van der Waals surface area contributed by atoms with Crippen LogP contribution in [0.5, 0.6) is 0 Å². The number of amides is 1. The van der Waals surface area contributed by atoms with Gasteiger partial charge in [0.2, 0.25) is 0 Å². The zero-order valence-corrected chi connectivity index (χ0v) is 37.8. The Morgan fingerprint density at radius 1 is 0.422 bits per heavy atom. The van der Waals surface area contributed by atoms with Gasteiger partial charge in [-0.05, 0) is 28.7 Å². The molecule has 364 valence electrons. The highest BCUT2D eigenvalue weighted by atomic mass is 16.6. The largest absolute Gasteiger partial charge is 0.469 e. The van der Waals surface area contributed by atoms with Gasteiger partial charge >= 0.3 is 12.1 Å². The van der Waals surface area contributed by atoms with Crippen molar-refractivity contribution in [1.29, 1.82) is 0 Å². The maximum absolute atomic E-state index is 12.3. The van der Waals surface area contributed by atoms with E-state index in [1.807, 2.05) is 24.3 Å². The van der Waals surface area contributed by atoms with Crippen molar-refractivity contribution in [2.75, 3.05) is 192 Å². The number of carbonyl (C=O) groups excluding carboxylic acids is 2. The summed E-state index contributed by atoms with van der Waals surface area (Å²) in [6, 6.07) is 16.6. The van der Waals surface area contributed by atoms with E-state index in [1.165, 1.54) is 29.4 Å². The number of carbonyl (C=O) groups is 2. The summed E-state index contributed by atoms with van der Waals surface area (Å²) in [6.07, 6.45) is 0.497. The molecule has 0 aliphatic heterocycles. The van der Waals surface area contributed by atoms with Crippen LogP contribution in [0.3, 0.4) is 0 Å². The molecule has 1 aliphatic carbocycles. The second-order valence-corrected chi connectivity index (χ2v) is 13.9. The minimum atomic E-state index is -0.420. The van der Waals surface area contributed by atoms with E-state index in [-0.39, 0.29) is 18.3 Å². The van der Waals surface area contributed by atoms with Gasteiger partial charge in [0.25, 0.3) is 0 Å². The quantitative estimate of drug-likeness (QED) is 0.0749. The molecule has 0 atom stereocenters. The van der Waals surface area contributed by atoms with Crippen molar-refractivity contribution in [3.05, 3.63) is 59.7 Å². The Morgan fingerprint density at radius 2 is 0.719 bits per heavy atom. The molecule has 1 aliphatic rings. The summed E-state index contributed by atoms with van der Waals surface area (Å²) in [4.78, 5) is 23.2. The van der Waals surface area contributed by atoms with Crippen LogP contribution in [-0.4, -0.2) is 204 Å². The summed E-state index contributed by atoms with van der Waals surface area (Å²) in [5.41, 5.74) is 4.79. The minimum Gasteiger partial charge on any atom is -0.469 e. The Labute approximate surface area is 378 Å². The van der Waals surface area contributed by atoms with Crippen LogP contribution in [0.4, 0.5) is 4.79 Å². The normalized spacial score (nSPS) is 12.1. The molecular weight excluding hydrogens is 838 g/mol. The van der Waals surface area contributed by atoms with E-state index in [1.54, 1.807) is 0 Å². The van der Waals surface area contributed by atoms with Gasteiger partial charge in [0.05, 0.1) is 179 Å². The summed E-state index contributed by atoms with van der Waals surface area (Å²) >= 11 is 0. The van der Waals surface area contributed by atoms with Crippen molar-refractivity contribution in [2.24, 2.45) is 0 Å². The second-order valence-electron chi connectivity index (χ2n) is 13.9. The average Bonchev–Trinajstić information content (AvgIpc) is 3.64. The van der Waals surface area contributed by atoms with Gasteiger partial charge in [0.15, 0.2) is 0 Å². The highest BCUT2D eigenvalue weighted by molar-refractivity contribution is 5.79. The lowest BCUT2D eigenvalue weighted by molar-refractivity contribution is -0.141. The van der Waals surface area contributed by atoms with Crippen LogP contribution < -0.4 is 5.32 Å². The number of hydrogen-bond acceptors (Lipinski definition) is 17. The van der Waals surface area contributed by atoms with Gasteiger partial charge in [-0.3, -0.25) is 4.79 Å². The van der Waals surface area contributed by atoms with Crippen molar-refractivity contribution in [1.82, 2.24) is 5.32 Å². The van der Waals surface area contributed by atoms with Crippen molar-refractivity contribution in [3.63, 3.8) is 0 Å². The lowest BCUT2D eigenvalue weighted by atomic mass is 9.98. The molecule has 1 N–H and O–H groups in total. The zero-order chi connectivity index (χ0) is 45.2. The molecule has 0 heterocycles. The first-order valence-corrected chi connectivity index (χ1v) is 22.4. The predicted octanol–water partition coefficient (Wildman–Crippen LogP) is 3.69. The first-order valence-electron chi connectivity index (χ1n) is 22.4. The van der Waals surface area contributed by atoms with E-state index in [0.29, 0.717) is 191 Å². The van der Waals surface area contributed by atoms with E-state index in [9.17, 15) is 9.59 Å². The molecule has 0 bridgehead atoms. The van der Waals surface area contributed by atoms with Crippen LogP contribution in [0.1, 0.15) is 29.9 Å². The highest BCUT2D eigenvalue weighted by Gasteiger charge is 2.29. The molecule has 0 aromatic heterocycles. The predicted molar refractivity (Wildman–Crippen MR) is 235 cm³/mol. The molecule has 3 rings (SSSR count). The van der Waals surface area contributed by atoms with Gasteiger partial charge < -0.3 is 76.4 Å². The molecule has 0 fully saturated rings. The Morgan fingerprint density at radius 3 is 1.05 bits per heavy atom. The van der Waals surface area contributed by atoms with Crippen molar-refractivity contribution >= 4 is 12.1 Å². The molecule has 2 aromatic carbocycles. The number of fused-ring (bicyclic) bond motifs is 3. The van der Waals surface area contributed by atoms with Crippen molar-refractivity contribution in [3.8, 4) is 11.1 Å². The molecular formula is C46H73NO17. The molecule has 0 saturated heterocycles. The third kappa shape index (κ3) is 27.9. The number of nitrogens with one attached hydrogen (secondary N) is 1. The number of rotatable bonds is 45.